The minimum absolute atomic E-state index is 0.0305. The minimum Gasteiger partial charge on any atom is -0.480 e. The normalized spacial score (nSPS) is 13.4. The number of hydrogen-bond donors (Lipinski definition) is 2. The van der Waals surface area contributed by atoms with Gasteiger partial charge in [0.15, 0.2) is 0 Å². The van der Waals surface area contributed by atoms with Crippen molar-refractivity contribution >= 4 is 18.2 Å². The molecule has 2 amide bonds. The van der Waals surface area contributed by atoms with Gasteiger partial charge in [-0.2, -0.15) is 0 Å². The number of nitrogens with one attached hydrogen (secondary N) is 1. The average Bonchev–Trinajstić information content (AvgIpc) is 3.09. The fourth-order valence-electron chi connectivity index (χ4n) is 4.08. The van der Waals surface area contributed by atoms with Gasteiger partial charge in [0, 0.05) is 19.5 Å². The lowest BCUT2D eigenvalue weighted by atomic mass is 9.98. The Morgan fingerprint density at radius 3 is 2.12 bits per heavy atom. The molecule has 2 aromatic rings. The molecule has 182 valence electrons. The quantitative estimate of drug-likeness (QED) is 0.548. The summed E-state index contributed by atoms with van der Waals surface area (Å²) in [5.41, 5.74) is 3.85. The van der Waals surface area contributed by atoms with E-state index in [1.165, 1.54) is 7.05 Å². The van der Waals surface area contributed by atoms with Crippen molar-refractivity contribution in [3.05, 3.63) is 59.7 Å². The molecule has 1 atom stereocenters. The van der Waals surface area contributed by atoms with Gasteiger partial charge in [0.1, 0.15) is 18.2 Å². The van der Waals surface area contributed by atoms with Crippen LogP contribution in [0.5, 0.6) is 0 Å². The number of carboxylic acids is 1. The van der Waals surface area contributed by atoms with Gasteiger partial charge in [0.2, 0.25) is 0 Å². The minimum atomic E-state index is -1.13. The number of carboxylic acid groups (broad SMARTS) is 1. The molecule has 0 radical (unpaired) electrons. The first kappa shape index (κ1) is 25.1. The molecule has 0 unspecified atom stereocenters. The lowest BCUT2D eigenvalue weighted by molar-refractivity contribution is -0.142. The van der Waals surface area contributed by atoms with E-state index in [2.05, 4.69) is 29.6 Å². The molecular formula is C26H32N2O6. The van der Waals surface area contributed by atoms with Crippen LogP contribution in [0.25, 0.3) is 11.1 Å². The highest BCUT2D eigenvalue weighted by Crippen LogP contribution is 2.44. The first-order valence-electron chi connectivity index (χ1n) is 11.4. The van der Waals surface area contributed by atoms with Gasteiger partial charge in [-0.05, 0) is 55.9 Å². The number of carbonyl (C=O) groups is 3. The zero-order chi connectivity index (χ0) is 24.9. The molecule has 34 heavy (non-hydrogen) atoms. The topological polar surface area (TPSA) is 105 Å². The van der Waals surface area contributed by atoms with E-state index >= 15 is 0 Å². The molecule has 1 aliphatic carbocycles. The van der Waals surface area contributed by atoms with Crippen molar-refractivity contribution in [2.45, 2.75) is 51.2 Å². The zero-order valence-electron chi connectivity index (χ0n) is 20.0. The summed E-state index contributed by atoms with van der Waals surface area (Å²) >= 11 is 0. The molecule has 1 aliphatic rings. The third-order valence-corrected chi connectivity index (χ3v) is 5.70. The van der Waals surface area contributed by atoms with Gasteiger partial charge in [-0.1, -0.05) is 48.5 Å². The van der Waals surface area contributed by atoms with Crippen LogP contribution in [0.3, 0.4) is 0 Å². The van der Waals surface area contributed by atoms with E-state index in [0.717, 1.165) is 27.2 Å². The number of rotatable bonds is 8. The second-order valence-corrected chi connectivity index (χ2v) is 9.34. The maximum absolute atomic E-state index is 12.3. The number of hydrogen-bond acceptors (Lipinski definition) is 5. The number of fused-ring (bicyclic) bond motifs is 3. The van der Waals surface area contributed by atoms with E-state index in [4.69, 9.17) is 9.47 Å². The Bertz CT molecular complexity index is 1000. The number of carbonyl (C=O) groups excluding carboxylic acids is 2. The van der Waals surface area contributed by atoms with Crippen molar-refractivity contribution in [2.75, 3.05) is 20.2 Å². The molecule has 3 rings (SSSR count). The van der Waals surface area contributed by atoms with E-state index in [9.17, 15) is 19.5 Å². The van der Waals surface area contributed by atoms with Crippen molar-refractivity contribution in [1.82, 2.24) is 10.2 Å². The van der Waals surface area contributed by atoms with Gasteiger partial charge in [-0.25, -0.2) is 14.4 Å². The van der Waals surface area contributed by atoms with Gasteiger partial charge in [0.25, 0.3) is 0 Å². The summed E-state index contributed by atoms with van der Waals surface area (Å²) < 4.78 is 10.7. The molecule has 0 saturated heterocycles. The SMILES string of the molecule is CN(C(=O)OC(C)(C)C)[C@@H](CCCNC(=O)OCC1c2ccccc2-c2ccccc21)C(=O)O. The average molecular weight is 469 g/mol. The first-order chi connectivity index (χ1) is 16.1. The van der Waals surface area contributed by atoms with Gasteiger partial charge >= 0.3 is 18.2 Å². The maximum atomic E-state index is 12.3. The van der Waals surface area contributed by atoms with E-state index in [-0.39, 0.29) is 25.5 Å². The number of nitrogens with zero attached hydrogens (tertiary/aromatic N) is 1. The Balaban J connectivity index is 1.47. The standard InChI is InChI=1S/C26H32N2O6/c1-26(2,3)34-25(32)28(4)22(23(29)30)14-9-15-27-24(31)33-16-21-19-12-7-5-10-17(19)18-11-6-8-13-20(18)21/h5-8,10-13,21-22H,9,14-16H2,1-4H3,(H,27,31)(H,29,30)/t22-/m0/s1. The van der Waals surface area contributed by atoms with Crippen molar-refractivity contribution in [1.29, 1.82) is 0 Å². The maximum Gasteiger partial charge on any atom is 0.410 e. The molecule has 0 aromatic heterocycles. The summed E-state index contributed by atoms with van der Waals surface area (Å²) in [6.45, 7) is 5.58. The summed E-state index contributed by atoms with van der Waals surface area (Å²) in [5, 5.41) is 12.2. The Kier molecular flexibility index (Phi) is 7.81. The second-order valence-electron chi connectivity index (χ2n) is 9.34. The number of amides is 2. The molecule has 0 fully saturated rings. The smallest absolute Gasteiger partial charge is 0.410 e. The summed E-state index contributed by atoms with van der Waals surface area (Å²) in [7, 11) is 1.39. The third kappa shape index (κ3) is 6.07. The Morgan fingerprint density at radius 2 is 1.59 bits per heavy atom. The first-order valence-corrected chi connectivity index (χ1v) is 11.4. The molecule has 2 aromatic carbocycles. The Labute approximate surface area is 199 Å². The highest BCUT2D eigenvalue weighted by atomic mass is 16.6. The third-order valence-electron chi connectivity index (χ3n) is 5.70. The zero-order valence-corrected chi connectivity index (χ0v) is 20.0. The predicted molar refractivity (Wildman–Crippen MR) is 128 cm³/mol. The van der Waals surface area contributed by atoms with E-state index in [1.807, 2.05) is 24.3 Å². The molecule has 0 saturated carbocycles. The Hall–Kier alpha value is -3.55. The lowest BCUT2D eigenvalue weighted by Gasteiger charge is -2.28. The van der Waals surface area contributed by atoms with Gasteiger partial charge < -0.3 is 19.9 Å². The second kappa shape index (κ2) is 10.6. The largest absolute Gasteiger partial charge is 0.480 e. The van der Waals surface area contributed by atoms with Crippen molar-refractivity contribution in [3.8, 4) is 11.1 Å². The summed E-state index contributed by atoms with van der Waals surface area (Å²) in [6.07, 6.45) is -0.748. The van der Waals surface area contributed by atoms with Gasteiger partial charge in [-0.15, -0.1) is 0 Å². The van der Waals surface area contributed by atoms with Gasteiger partial charge in [0.05, 0.1) is 0 Å². The number of aliphatic carboxylic acids is 1. The van der Waals surface area contributed by atoms with E-state index in [1.54, 1.807) is 20.8 Å². The van der Waals surface area contributed by atoms with Crippen LogP contribution >= 0.6 is 0 Å². The summed E-state index contributed by atoms with van der Waals surface area (Å²) in [5.74, 6) is -1.16. The molecule has 0 heterocycles. The fourth-order valence-corrected chi connectivity index (χ4v) is 4.08. The highest BCUT2D eigenvalue weighted by molar-refractivity contribution is 5.80. The van der Waals surface area contributed by atoms with Crippen LogP contribution in [0, 0.1) is 0 Å². The molecule has 2 N–H and O–H groups in total. The molecule has 0 bridgehead atoms. The monoisotopic (exact) mass is 468 g/mol. The van der Waals surface area contributed by atoms with Crippen LogP contribution in [0.4, 0.5) is 9.59 Å². The molecular weight excluding hydrogens is 436 g/mol. The number of ether oxygens (including phenoxy) is 2. The van der Waals surface area contributed by atoms with Crippen LogP contribution in [-0.4, -0.2) is 60.0 Å². The van der Waals surface area contributed by atoms with Crippen LogP contribution in [0.2, 0.25) is 0 Å². The fraction of sp³-hybridized carbons (Fsp3) is 0.423. The van der Waals surface area contributed by atoms with E-state index < -0.39 is 29.8 Å². The van der Waals surface area contributed by atoms with Crippen molar-refractivity contribution < 1.29 is 29.0 Å². The van der Waals surface area contributed by atoms with Gasteiger partial charge in [-0.3, -0.25) is 4.90 Å². The molecule has 0 aliphatic heterocycles. The lowest BCUT2D eigenvalue weighted by Crippen LogP contribution is -2.45. The molecule has 8 nitrogen and oxygen atoms in total. The number of benzene rings is 2. The van der Waals surface area contributed by atoms with Crippen LogP contribution in [0.15, 0.2) is 48.5 Å². The van der Waals surface area contributed by atoms with E-state index in [0.29, 0.717) is 6.42 Å². The van der Waals surface area contributed by atoms with Crippen molar-refractivity contribution in [3.63, 3.8) is 0 Å². The molecule has 8 heteroatoms. The van der Waals surface area contributed by atoms with Crippen molar-refractivity contribution in [2.24, 2.45) is 0 Å². The Morgan fingerprint density at radius 1 is 1.03 bits per heavy atom. The number of likely N-dealkylation sites (N-methyl/N-ethyl adjacent to an activating group) is 1. The van der Waals surface area contributed by atoms with Crippen LogP contribution in [0.1, 0.15) is 50.7 Å². The summed E-state index contributed by atoms with van der Waals surface area (Å²) in [4.78, 5) is 37.1. The molecule has 0 spiro atoms. The van der Waals surface area contributed by atoms with Crippen LogP contribution in [-0.2, 0) is 14.3 Å². The number of alkyl carbamates (subject to hydrolysis) is 1. The highest BCUT2D eigenvalue weighted by Gasteiger charge is 2.30. The summed E-state index contributed by atoms with van der Waals surface area (Å²) in [6, 6.07) is 15.1. The van der Waals surface area contributed by atoms with Crippen LogP contribution < -0.4 is 5.32 Å². The predicted octanol–water partition coefficient (Wildman–Crippen LogP) is 4.63.